The highest BCUT2D eigenvalue weighted by Gasteiger charge is 2.12. The maximum absolute atomic E-state index is 11.0. The standard InChI is InChI=1S/C11H11NO2S/c1-12-8(6-15)5-7-3-2-4-9(10(7)12)11(13)14/h2-5,15H,6H2,1H3,(H,13,14). The van der Waals surface area contributed by atoms with Crippen molar-refractivity contribution in [3.63, 3.8) is 0 Å². The molecule has 1 aromatic heterocycles. The zero-order valence-electron chi connectivity index (χ0n) is 8.27. The van der Waals surface area contributed by atoms with Crippen LogP contribution in [0.4, 0.5) is 0 Å². The van der Waals surface area contributed by atoms with Gasteiger partial charge in [0.25, 0.3) is 0 Å². The normalized spacial score (nSPS) is 10.8. The van der Waals surface area contributed by atoms with Gasteiger partial charge in [-0.15, -0.1) is 0 Å². The third-order valence-corrected chi connectivity index (χ3v) is 2.87. The van der Waals surface area contributed by atoms with Crippen molar-refractivity contribution < 1.29 is 9.90 Å². The molecule has 0 radical (unpaired) electrons. The number of aryl methyl sites for hydroxylation is 1. The first-order valence-electron chi connectivity index (χ1n) is 4.56. The molecule has 0 aliphatic rings. The summed E-state index contributed by atoms with van der Waals surface area (Å²) in [6.45, 7) is 0. The molecule has 3 nitrogen and oxygen atoms in total. The van der Waals surface area contributed by atoms with E-state index in [0.29, 0.717) is 11.3 Å². The Balaban J connectivity index is 2.84. The molecular formula is C11H11NO2S. The summed E-state index contributed by atoms with van der Waals surface area (Å²) in [6, 6.07) is 7.25. The van der Waals surface area contributed by atoms with Crippen LogP contribution < -0.4 is 0 Å². The fourth-order valence-corrected chi connectivity index (χ4v) is 2.10. The number of fused-ring (bicyclic) bond motifs is 1. The Hall–Kier alpha value is -1.42. The number of aromatic carboxylic acids is 1. The van der Waals surface area contributed by atoms with E-state index in [2.05, 4.69) is 12.6 Å². The van der Waals surface area contributed by atoms with Gasteiger partial charge in [0.15, 0.2) is 0 Å². The summed E-state index contributed by atoms with van der Waals surface area (Å²) < 4.78 is 1.88. The Kier molecular flexibility index (Phi) is 2.44. The third-order valence-electron chi connectivity index (χ3n) is 2.55. The lowest BCUT2D eigenvalue weighted by molar-refractivity contribution is 0.0698. The number of carbonyl (C=O) groups is 1. The quantitative estimate of drug-likeness (QED) is 0.764. The molecule has 0 saturated carbocycles. The number of para-hydroxylation sites is 1. The van der Waals surface area contributed by atoms with Crippen molar-refractivity contribution in [1.82, 2.24) is 4.57 Å². The Labute approximate surface area is 92.7 Å². The molecular weight excluding hydrogens is 210 g/mol. The summed E-state index contributed by atoms with van der Waals surface area (Å²) >= 11 is 4.21. The second kappa shape index (κ2) is 3.62. The van der Waals surface area contributed by atoms with Crippen LogP contribution in [0.2, 0.25) is 0 Å². The fourth-order valence-electron chi connectivity index (χ4n) is 1.80. The molecule has 78 valence electrons. The summed E-state index contributed by atoms with van der Waals surface area (Å²) in [5, 5.41) is 10.0. The minimum absolute atomic E-state index is 0.336. The molecule has 0 unspecified atom stereocenters. The summed E-state index contributed by atoms with van der Waals surface area (Å²) in [4.78, 5) is 11.0. The van der Waals surface area contributed by atoms with E-state index in [1.165, 1.54) is 0 Å². The Morgan fingerprint density at radius 2 is 2.27 bits per heavy atom. The Morgan fingerprint density at radius 1 is 1.53 bits per heavy atom. The van der Waals surface area contributed by atoms with Crippen LogP contribution in [0.3, 0.4) is 0 Å². The van der Waals surface area contributed by atoms with Gasteiger partial charge >= 0.3 is 5.97 Å². The first-order chi connectivity index (χ1) is 7.15. The van der Waals surface area contributed by atoms with Crippen molar-refractivity contribution >= 4 is 29.5 Å². The number of rotatable bonds is 2. The molecule has 0 saturated heterocycles. The molecule has 0 aliphatic heterocycles. The van der Waals surface area contributed by atoms with E-state index >= 15 is 0 Å². The van der Waals surface area contributed by atoms with E-state index in [1.54, 1.807) is 12.1 Å². The topological polar surface area (TPSA) is 42.2 Å². The van der Waals surface area contributed by atoms with Crippen molar-refractivity contribution in [2.24, 2.45) is 7.05 Å². The van der Waals surface area contributed by atoms with Crippen molar-refractivity contribution in [1.29, 1.82) is 0 Å². The number of carboxylic acid groups (broad SMARTS) is 1. The van der Waals surface area contributed by atoms with Crippen LogP contribution in [0.25, 0.3) is 10.9 Å². The van der Waals surface area contributed by atoms with Crippen LogP contribution in [0.5, 0.6) is 0 Å². The molecule has 0 bridgehead atoms. The first kappa shape index (κ1) is 10.1. The van der Waals surface area contributed by atoms with E-state index in [4.69, 9.17) is 5.11 Å². The van der Waals surface area contributed by atoms with Crippen LogP contribution in [0.15, 0.2) is 24.3 Å². The number of hydrogen-bond acceptors (Lipinski definition) is 2. The minimum Gasteiger partial charge on any atom is -0.478 e. The van der Waals surface area contributed by atoms with Crippen LogP contribution >= 0.6 is 12.6 Å². The molecule has 0 spiro atoms. The maximum atomic E-state index is 11.0. The number of carboxylic acids is 1. The predicted octanol–water partition coefficient (Wildman–Crippen LogP) is 2.31. The highest BCUT2D eigenvalue weighted by Crippen LogP contribution is 2.23. The van der Waals surface area contributed by atoms with Gasteiger partial charge in [0.2, 0.25) is 0 Å². The molecule has 4 heteroatoms. The lowest BCUT2D eigenvalue weighted by atomic mass is 10.1. The van der Waals surface area contributed by atoms with Crippen molar-refractivity contribution in [2.45, 2.75) is 5.75 Å². The minimum atomic E-state index is -0.896. The third kappa shape index (κ3) is 1.51. The number of aromatic nitrogens is 1. The molecule has 0 fully saturated rings. The number of thiol groups is 1. The Bertz CT molecular complexity index is 531. The van der Waals surface area contributed by atoms with Crippen LogP contribution in [-0.2, 0) is 12.8 Å². The zero-order chi connectivity index (χ0) is 11.0. The number of benzene rings is 1. The van der Waals surface area contributed by atoms with E-state index in [-0.39, 0.29) is 0 Å². The smallest absolute Gasteiger partial charge is 0.337 e. The van der Waals surface area contributed by atoms with E-state index in [1.807, 2.05) is 23.7 Å². The lowest BCUT2D eigenvalue weighted by Gasteiger charge is -2.03. The van der Waals surface area contributed by atoms with Crippen LogP contribution in [-0.4, -0.2) is 15.6 Å². The predicted molar refractivity (Wildman–Crippen MR) is 62.6 cm³/mol. The summed E-state index contributed by atoms with van der Waals surface area (Å²) in [7, 11) is 1.86. The second-order valence-electron chi connectivity index (χ2n) is 3.40. The highest BCUT2D eigenvalue weighted by atomic mass is 32.1. The van der Waals surface area contributed by atoms with E-state index in [9.17, 15) is 4.79 Å². The largest absolute Gasteiger partial charge is 0.478 e. The lowest BCUT2D eigenvalue weighted by Crippen LogP contribution is -2.01. The zero-order valence-corrected chi connectivity index (χ0v) is 9.16. The average molecular weight is 221 g/mol. The van der Waals surface area contributed by atoms with Gasteiger partial charge in [-0.2, -0.15) is 12.6 Å². The van der Waals surface area contributed by atoms with Crippen molar-refractivity contribution in [3.05, 3.63) is 35.5 Å². The molecule has 1 N–H and O–H groups in total. The van der Waals surface area contributed by atoms with Crippen LogP contribution in [0.1, 0.15) is 16.1 Å². The Morgan fingerprint density at radius 3 is 2.87 bits per heavy atom. The van der Waals surface area contributed by atoms with Crippen molar-refractivity contribution in [2.75, 3.05) is 0 Å². The van der Waals surface area contributed by atoms with Gasteiger partial charge in [0, 0.05) is 23.9 Å². The maximum Gasteiger partial charge on any atom is 0.337 e. The van der Waals surface area contributed by atoms with Gasteiger partial charge in [-0.3, -0.25) is 0 Å². The number of hydrogen-bond donors (Lipinski definition) is 2. The summed E-state index contributed by atoms with van der Waals surface area (Å²) in [5.41, 5.74) is 2.11. The van der Waals surface area contributed by atoms with Crippen LogP contribution in [0, 0.1) is 0 Å². The van der Waals surface area contributed by atoms with Gasteiger partial charge in [0.05, 0.1) is 11.1 Å². The molecule has 1 aromatic carbocycles. The van der Waals surface area contributed by atoms with Gasteiger partial charge < -0.3 is 9.67 Å². The second-order valence-corrected chi connectivity index (χ2v) is 3.72. The van der Waals surface area contributed by atoms with Crippen molar-refractivity contribution in [3.8, 4) is 0 Å². The molecule has 2 rings (SSSR count). The molecule has 0 amide bonds. The van der Waals surface area contributed by atoms with Gasteiger partial charge in [-0.1, -0.05) is 12.1 Å². The highest BCUT2D eigenvalue weighted by molar-refractivity contribution is 7.79. The van der Waals surface area contributed by atoms with Gasteiger partial charge in [-0.25, -0.2) is 4.79 Å². The summed E-state index contributed by atoms with van der Waals surface area (Å²) in [5.74, 6) is -0.294. The SMILES string of the molecule is Cn1c(CS)cc2cccc(C(=O)O)c21. The monoisotopic (exact) mass is 221 g/mol. The first-order valence-corrected chi connectivity index (χ1v) is 5.20. The molecule has 15 heavy (non-hydrogen) atoms. The molecule has 0 aliphatic carbocycles. The fraction of sp³-hybridized carbons (Fsp3) is 0.182. The molecule has 2 aromatic rings. The molecule has 1 heterocycles. The summed E-state index contributed by atoms with van der Waals surface area (Å²) in [6.07, 6.45) is 0. The van der Waals surface area contributed by atoms with E-state index < -0.39 is 5.97 Å². The van der Waals surface area contributed by atoms with Gasteiger partial charge in [-0.05, 0) is 12.1 Å². The number of nitrogens with zero attached hydrogens (tertiary/aromatic N) is 1. The molecule has 0 atom stereocenters. The van der Waals surface area contributed by atoms with Gasteiger partial charge in [0.1, 0.15) is 0 Å². The van der Waals surface area contributed by atoms with E-state index in [0.717, 1.165) is 16.6 Å². The average Bonchev–Trinajstić information content (AvgIpc) is 2.55.